The maximum absolute atomic E-state index is 6.16. The summed E-state index contributed by atoms with van der Waals surface area (Å²) < 4.78 is 2.17. The van der Waals surface area contributed by atoms with Gasteiger partial charge in [-0.25, -0.2) is 9.98 Å². The summed E-state index contributed by atoms with van der Waals surface area (Å²) in [5, 5.41) is 0. The van der Waals surface area contributed by atoms with Crippen molar-refractivity contribution in [2.45, 2.75) is 39.3 Å². The first kappa shape index (κ1) is 16.6. The number of rotatable bonds is 5. The van der Waals surface area contributed by atoms with E-state index in [-0.39, 0.29) is 0 Å². The number of hydrogen-bond donors (Lipinski definition) is 1. The smallest absolute Gasteiger partial charge is 0.191 e. The highest BCUT2D eigenvalue weighted by molar-refractivity contribution is 5.78. The fourth-order valence-corrected chi connectivity index (χ4v) is 3.08. The monoisotopic (exact) mass is 325 g/mol. The molecule has 1 aliphatic rings. The Labute approximate surface area is 144 Å². The number of nitrogens with zero attached hydrogens (tertiary/aromatic N) is 4. The zero-order valence-electron chi connectivity index (χ0n) is 14.4. The van der Waals surface area contributed by atoms with E-state index in [1.165, 1.54) is 18.4 Å². The summed E-state index contributed by atoms with van der Waals surface area (Å²) in [7, 11) is 0. The van der Waals surface area contributed by atoms with Crippen LogP contribution in [0.4, 0.5) is 0 Å². The SMILES string of the molecule is CC1CCN(C(N)=NCc2nccn2CCc2ccccc2)CC1. The van der Waals surface area contributed by atoms with Crippen LogP contribution in [-0.2, 0) is 19.5 Å². The second kappa shape index (κ2) is 7.99. The van der Waals surface area contributed by atoms with Crippen LogP contribution < -0.4 is 5.73 Å². The molecule has 0 saturated carbocycles. The Kier molecular flexibility index (Phi) is 5.51. The van der Waals surface area contributed by atoms with Gasteiger partial charge in [-0.2, -0.15) is 0 Å². The normalized spacial score (nSPS) is 16.5. The van der Waals surface area contributed by atoms with Crippen molar-refractivity contribution < 1.29 is 0 Å². The minimum absolute atomic E-state index is 0.541. The molecular weight excluding hydrogens is 298 g/mol. The fraction of sp³-hybridized carbons (Fsp3) is 0.474. The number of nitrogens with two attached hydrogens (primary N) is 1. The first-order valence-corrected chi connectivity index (χ1v) is 8.81. The van der Waals surface area contributed by atoms with Gasteiger partial charge < -0.3 is 15.2 Å². The van der Waals surface area contributed by atoms with Crippen LogP contribution in [-0.4, -0.2) is 33.5 Å². The molecule has 1 aliphatic heterocycles. The van der Waals surface area contributed by atoms with E-state index in [9.17, 15) is 0 Å². The molecule has 1 fully saturated rings. The van der Waals surface area contributed by atoms with E-state index < -0.39 is 0 Å². The Hall–Kier alpha value is -2.30. The average Bonchev–Trinajstić information content (AvgIpc) is 3.07. The van der Waals surface area contributed by atoms with Crippen molar-refractivity contribution in [2.24, 2.45) is 16.6 Å². The number of guanidine groups is 1. The number of piperidine rings is 1. The Morgan fingerprint density at radius 2 is 2.00 bits per heavy atom. The van der Waals surface area contributed by atoms with Crippen LogP contribution in [0.25, 0.3) is 0 Å². The van der Waals surface area contributed by atoms with Crippen LogP contribution in [0.15, 0.2) is 47.7 Å². The topological polar surface area (TPSA) is 59.4 Å². The third-order valence-electron chi connectivity index (χ3n) is 4.78. The molecule has 0 unspecified atom stereocenters. The number of benzene rings is 1. The quantitative estimate of drug-likeness (QED) is 0.679. The molecule has 1 saturated heterocycles. The van der Waals surface area contributed by atoms with E-state index >= 15 is 0 Å². The molecular formula is C19H27N5. The van der Waals surface area contributed by atoms with Crippen molar-refractivity contribution in [1.29, 1.82) is 0 Å². The highest BCUT2D eigenvalue weighted by atomic mass is 15.3. The van der Waals surface area contributed by atoms with Gasteiger partial charge in [0.1, 0.15) is 12.4 Å². The molecule has 0 atom stereocenters. The van der Waals surface area contributed by atoms with Crippen LogP contribution in [0, 0.1) is 5.92 Å². The lowest BCUT2D eigenvalue weighted by Gasteiger charge is -2.31. The van der Waals surface area contributed by atoms with Gasteiger partial charge in [-0.05, 0) is 30.7 Å². The van der Waals surface area contributed by atoms with Gasteiger partial charge in [0.25, 0.3) is 0 Å². The lowest BCUT2D eigenvalue weighted by Crippen LogP contribution is -2.42. The van der Waals surface area contributed by atoms with Crippen LogP contribution in [0.2, 0.25) is 0 Å². The lowest BCUT2D eigenvalue weighted by atomic mass is 10.00. The van der Waals surface area contributed by atoms with Gasteiger partial charge in [0.2, 0.25) is 0 Å². The molecule has 2 N–H and O–H groups in total. The molecule has 0 radical (unpaired) electrons. The summed E-state index contributed by atoms with van der Waals surface area (Å²) in [6.45, 7) is 5.78. The minimum Gasteiger partial charge on any atom is -0.370 e. The van der Waals surface area contributed by atoms with Crippen LogP contribution in [0.3, 0.4) is 0 Å². The largest absolute Gasteiger partial charge is 0.370 e. The van der Waals surface area contributed by atoms with E-state index in [1.807, 2.05) is 18.5 Å². The number of likely N-dealkylation sites (tertiary alicyclic amines) is 1. The first-order chi connectivity index (χ1) is 11.7. The molecule has 1 aromatic carbocycles. The number of imidazole rings is 1. The van der Waals surface area contributed by atoms with E-state index in [0.717, 1.165) is 37.8 Å². The van der Waals surface area contributed by atoms with E-state index in [1.54, 1.807) is 0 Å². The van der Waals surface area contributed by atoms with Gasteiger partial charge >= 0.3 is 0 Å². The van der Waals surface area contributed by atoms with Crippen molar-refractivity contribution in [2.75, 3.05) is 13.1 Å². The third-order valence-corrected chi connectivity index (χ3v) is 4.78. The Bertz CT molecular complexity index is 653. The van der Waals surface area contributed by atoms with Crippen molar-refractivity contribution in [3.05, 3.63) is 54.1 Å². The van der Waals surface area contributed by atoms with Gasteiger partial charge in [-0.3, -0.25) is 0 Å². The molecule has 5 heteroatoms. The van der Waals surface area contributed by atoms with Crippen molar-refractivity contribution in [3.63, 3.8) is 0 Å². The van der Waals surface area contributed by atoms with E-state index in [0.29, 0.717) is 12.5 Å². The standard InChI is InChI=1S/C19H27N5/c1-16-7-11-24(12-8-16)19(20)22-15-18-21-10-14-23(18)13-9-17-5-3-2-4-6-17/h2-6,10,14,16H,7-9,11-13,15H2,1H3,(H2,20,22). The highest BCUT2D eigenvalue weighted by Gasteiger charge is 2.17. The van der Waals surface area contributed by atoms with E-state index in [2.05, 4.69) is 50.6 Å². The second-order valence-corrected chi connectivity index (χ2v) is 6.62. The Morgan fingerprint density at radius 3 is 2.75 bits per heavy atom. The molecule has 1 aromatic heterocycles. The zero-order valence-corrected chi connectivity index (χ0v) is 14.4. The molecule has 2 heterocycles. The van der Waals surface area contributed by atoms with Crippen molar-refractivity contribution in [1.82, 2.24) is 14.5 Å². The predicted molar refractivity (Wildman–Crippen MR) is 97.7 cm³/mol. The molecule has 0 aliphatic carbocycles. The Balaban J connectivity index is 1.56. The fourth-order valence-electron chi connectivity index (χ4n) is 3.08. The van der Waals surface area contributed by atoms with Crippen LogP contribution >= 0.6 is 0 Å². The summed E-state index contributed by atoms with van der Waals surface area (Å²) in [4.78, 5) is 11.2. The molecule has 0 amide bonds. The molecule has 0 bridgehead atoms. The van der Waals surface area contributed by atoms with E-state index in [4.69, 9.17) is 5.73 Å². The maximum Gasteiger partial charge on any atom is 0.191 e. The number of hydrogen-bond acceptors (Lipinski definition) is 2. The van der Waals surface area contributed by atoms with Crippen molar-refractivity contribution in [3.8, 4) is 0 Å². The summed E-state index contributed by atoms with van der Waals surface area (Å²) >= 11 is 0. The molecule has 5 nitrogen and oxygen atoms in total. The molecule has 128 valence electrons. The minimum atomic E-state index is 0.541. The van der Waals surface area contributed by atoms with Gasteiger partial charge in [0.05, 0.1) is 0 Å². The lowest BCUT2D eigenvalue weighted by molar-refractivity contribution is 0.277. The molecule has 24 heavy (non-hydrogen) atoms. The molecule has 0 spiro atoms. The highest BCUT2D eigenvalue weighted by Crippen LogP contribution is 2.15. The summed E-state index contributed by atoms with van der Waals surface area (Å²) in [5.74, 6) is 2.42. The number of aliphatic imine (C=N–C) groups is 1. The van der Waals surface area contributed by atoms with Crippen LogP contribution in [0.5, 0.6) is 0 Å². The van der Waals surface area contributed by atoms with Crippen molar-refractivity contribution >= 4 is 5.96 Å². The molecule has 3 rings (SSSR count). The molecule has 2 aromatic rings. The summed E-state index contributed by atoms with van der Waals surface area (Å²) in [6.07, 6.45) is 7.25. The second-order valence-electron chi connectivity index (χ2n) is 6.62. The maximum atomic E-state index is 6.16. The van der Waals surface area contributed by atoms with Crippen LogP contribution in [0.1, 0.15) is 31.2 Å². The summed E-state index contributed by atoms with van der Waals surface area (Å²) in [5.41, 5.74) is 7.50. The third kappa shape index (κ3) is 4.37. The van der Waals surface area contributed by atoms with Gasteiger partial charge in [0, 0.05) is 32.0 Å². The Morgan fingerprint density at radius 1 is 1.25 bits per heavy atom. The van der Waals surface area contributed by atoms with Gasteiger partial charge in [0.15, 0.2) is 5.96 Å². The van der Waals surface area contributed by atoms with Gasteiger partial charge in [-0.15, -0.1) is 0 Å². The zero-order chi connectivity index (χ0) is 16.8. The van der Waals surface area contributed by atoms with Gasteiger partial charge in [-0.1, -0.05) is 37.3 Å². The predicted octanol–water partition coefficient (Wildman–Crippen LogP) is 2.67. The average molecular weight is 325 g/mol. The number of aromatic nitrogens is 2. The summed E-state index contributed by atoms with van der Waals surface area (Å²) in [6, 6.07) is 10.5. The number of aryl methyl sites for hydroxylation is 2. The first-order valence-electron chi connectivity index (χ1n) is 8.81.